The molecule has 6 nitrogen and oxygen atoms in total. The van der Waals surface area contributed by atoms with Gasteiger partial charge in [-0.25, -0.2) is 8.42 Å². The third kappa shape index (κ3) is 5.62. The fourth-order valence-electron chi connectivity index (χ4n) is 4.50. The van der Waals surface area contributed by atoms with Crippen molar-refractivity contribution in [2.24, 2.45) is 0 Å². The Labute approximate surface area is 208 Å². The zero-order valence-corrected chi connectivity index (χ0v) is 21.1. The zero-order valence-electron chi connectivity index (χ0n) is 19.4. The topological polar surface area (TPSA) is 60.9 Å². The monoisotopic (exact) mass is 527 g/mol. The fraction of sp³-hybridized carbons (Fsp3) is 0.458. The maximum absolute atomic E-state index is 13.4. The van der Waals surface area contributed by atoms with Gasteiger partial charge in [0, 0.05) is 49.9 Å². The second-order valence-corrected chi connectivity index (χ2v) is 11.4. The number of thioether (sulfide) groups is 1. The standard InChI is InChI=1S/C24H28F3N3O3S2/c1-34-22-9-8-20(17-21(22)23(31)29-10-3-2-4-11-29)35(32,33)30-14-12-28(13-15-30)19-7-5-6-18(16-19)24(25,26)27/h5-9,16-17H,2-4,10-15H2,1H3. The third-order valence-corrected chi connectivity index (χ3v) is 9.15. The van der Waals surface area contributed by atoms with Crippen molar-refractivity contribution in [3.8, 4) is 0 Å². The molecule has 4 rings (SSSR count). The Morgan fingerprint density at radius 3 is 2.23 bits per heavy atom. The Morgan fingerprint density at radius 1 is 0.914 bits per heavy atom. The molecule has 1 amide bonds. The molecule has 0 saturated carbocycles. The van der Waals surface area contributed by atoms with Gasteiger partial charge in [0.2, 0.25) is 10.0 Å². The van der Waals surface area contributed by atoms with Gasteiger partial charge >= 0.3 is 6.18 Å². The number of rotatable bonds is 5. The van der Waals surface area contributed by atoms with E-state index in [9.17, 15) is 26.4 Å². The Bertz CT molecular complexity index is 1170. The first-order chi connectivity index (χ1) is 16.6. The van der Waals surface area contributed by atoms with Crippen LogP contribution in [0.5, 0.6) is 0 Å². The molecular formula is C24H28F3N3O3S2. The van der Waals surface area contributed by atoms with Crippen molar-refractivity contribution in [1.82, 2.24) is 9.21 Å². The molecule has 2 saturated heterocycles. The minimum absolute atomic E-state index is 0.0585. The number of amides is 1. The number of alkyl halides is 3. The number of piperidine rings is 1. The van der Waals surface area contributed by atoms with E-state index in [1.807, 2.05) is 6.26 Å². The van der Waals surface area contributed by atoms with Crippen LogP contribution in [0.25, 0.3) is 0 Å². The van der Waals surface area contributed by atoms with Crippen molar-refractivity contribution in [3.63, 3.8) is 0 Å². The molecule has 2 heterocycles. The summed E-state index contributed by atoms with van der Waals surface area (Å²) in [4.78, 5) is 17.5. The Hall–Kier alpha value is -2.24. The van der Waals surface area contributed by atoms with Crippen LogP contribution >= 0.6 is 11.8 Å². The highest BCUT2D eigenvalue weighted by Gasteiger charge is 2.33. The summed E-state index contributed by atoms with van der Waals surface area (Å²) >= 11 is 1.40. The van der Waals surface area contributed by atoms with Crippen molar-refractivity contribution < 1.29 is 26.4 Å². The first kappa shape index (κ1) is 25.8. The van der Waals surface area contributed by atoms with E-state index in [-0.39, 0.29) is 37.0 Å². The molecule has 2 aromatic carbocycles. The van der Waals surface area contributed by atoms with Gasteiger partial charge in [-0.15, -0.1) is 11.8 Å². The van der Waals surface area contributed by atoms with Crippen molar-refractivity contribution in [2.45, 2.75) is 35.2 Å². The average Bonchev–Trinajstić information content (AvgIpc) is 2.88. The molecule has 0 aliphatic carbocycles. The van der Waals surface area contributed by atoms with Gasteiger partial charge in [-0.3, -0.25) is 4.79 Å². The van der Waals surface area contributed by atoms with Gasteiger partial charge in [0.25, 0.3) is 5.91 Å². The van der Waals surface area contributed by atoms with Crippen LogP contribution in [0.15, 0.2) is 52.3 Å². The summed E-state index contributed by atoms with van der Waals surface area (Å²) in [7, 11) is -3.86. The van der Waals surface area contributed by atoms with Gasteiger partial charge in [0.1, 0.15) is 0 Å². The molecule has 35 heavy (non-hydrogen) atoms. The lowest BCUT2D eigenvalue weighted by molar-refractivity contribution is -0.137. The number of piperazine rings is 1. The second-order valence-electron chi connectivity index (χ2n) is 8.65. The van der Waals surface area contributed by atoms with Crippen LogP contribution in [0, 0.1) is 0 Å². The highest BCUT2D eigenvalue weighted by atomic mass is 32.2. The molecule has 2 aliphatic rings. The molecule has 2 aliphatic heterocycles. The summed E-state index contributed by atoms with van der Waals surface area (Å²) in [5, 5.41) is 0. The SMILES string of the molecule is CSc1ccc(S(=O)(=O)N2CCN(c3cccc(C(F)(F)F)c3)CC2)cc1C(=O)N1CCCCC1. The van der Waals surface area contributed by atoms with Gasteiger partial charge in [0.15, 0.2) is 0 Å². The second kappa shape index (κ2) is 10.4. The van der Waals surface area contributed by atoms with Gasteiger partial charge in [-0.1, -0.05) is 6.07 Å². The predicted molar refractivity (Wildman–Crippen MR) is 130 cm³/mol. The molecule has 0 bridgehead atoms. The molecule has 2 fully saturated rings. The molecule has 11 heteroatoms. The number of anilines is 1. The smallest absolute Gasteiger partial charge is 0.369 e. The molecule has 0 N–H and O–H groups in total. The highest BCUT2D eigenvalue weighted by Crippen LogP contribution is 2.32. The highest BCUT2D eigenvalue weighted by molar-refractivity contribution is 7.98. The van der Waals surface area contributed by atoms with Crippen molar-refractivity contribution in [2.75, 3.05) is 50.4 Å². The van der Waals surface area contributed by atoms with E-state index < -0.39 is 21.8 Å². The molecule has 2 aromatic rings. The van der Waals surface area contributed by atoms with E-state index >= 15 is 0 Å². The lowest BCUT2D eigenvalue weighted by Crippen LogP contribution is -2.48. The van der Waals surface area contributed by atoms with Crippen molar-refractivity contribution >= 4 is 33.4 Å². The summed E-state index contributed by atoms with van der Waals surface area (Å²) in [5.74, 6) is -0.152. The summed E-state index contributed by atoms with van der Waals surface area (Å²) in [6.45, 7) is 2.14. The van der Waals surface area contributed by atoms with Gasteiger partial charge < -0.3 is 9.80 Å². The summed E-state index contributed by atoms with van der Waals surface area (Å²) in [6, 6.07) is 9.72. The van der Waals surface area contributed by atoms with Crippen molar-refractivity contribution in [1.29, 1.82) is 0 Å². The normalized spacial score (nSPS) is 18.1. The largest absolute Gasteiger partial charge is 0.416 e. The molecule has 0 spiro atoms. The van der Waals surface area contributed by atoms with Crippen LogP contribution in [0.2, 0.25) is 0 Å². The van der Waals surface area contributed by atoms with Crippen molar-refractivity contribution in [3.05, 3.63) is 53.6 Å². The number of carbonyl (C=O) groups is 1. The molecule has 190 valence electrons. The average molecular weight is 528 g/mol. The maximum atomic E-state index is 13.4. The number of halogens is 3. The van der Waals surface area contributed by atoms with E-state index in [4.69, 9.17) is 0 Å². The quantitative estimate of drug-likeness (QED) is 0.534. The third-order valence-electron chi connectivity index (χ3n) is 6.46. The molecular weight excluding hydrogens is 499 g/mol. The summed E-state index contributed by atoms with van der Waals surface area (Å²) < 4.78 is 67.3. The first-order valence-electron chi connectivity index (χ1n) is 11.5. The lowest BCUT2D eigenvalue weighted by Gasteiger charge is -2.35. The number of likely N-dealkylation sites (tertiary alicyclic amines) is 1. The molecule has 0 unspecified atom stereocenters. The number of carbonyl (C=O) groups excluding carboxylic acids is 1. The number of benzene rings is 2. The van der Waals surface area contributed by atoms with Crippen LogP contribution < -0.4 is 4.90 Å². The van der Waals surface area contributed by atoms with Crippen LogP contribution in [-0.4, -0.2) is 69.1 Å². The van der Waals surface area contributed by atoms with Crippen LogP contribution in [0.1, 0.15) is 35.2 Å². The first-order valence-corrected chi connectivity index (χ1v) is 14.2. The number of hydrogen-bond donors (Lipinski definition) is 0. The Kier molecular flexibility index (Phi) is 7.68. The summed E-state index contributed by atoms with van der Waals surface area (Å²) in [6.07, 6.45) is 0.375. The lowest BCUT2D eigenvalue weighted by atomic mass is 10.1. The van der Waals surface area contributed by atoms with Gasteiger partial charge in [-0.2, -0.15) is 17.5 Å². The maximum Gasteiger partial charge on any atom is 0.416 e. The zero-order chi connectivity index (χ0) is 25.2. The van der Waals surface area contributed by atoms with Crippen LogP contribution in [0.3, 0.4) is 0 Å². The van der Waals surface area contributed by atoms with E-state index in [0.29, 0.717) is 24.3 Å². The number of sulfonamides is 1. The Balaban J connectivity index is 1.51. The predicted octanol–water partition coefficient (Wildman–Crippen LogP) is 4.56. The Morgan fingerprint density at radius 2 is 1.60 bits per heavy atom. The van der Waals surface area contributed by atoms with E-state index in [1.54, 1.807) is 21.9 Å². The minimum Gasteiger partial charge on any atom is -0.369 e. The minimum atomic E-state index is -4.44. The van der Waals surface area contributed by atoms with Crippen LogP contribution in [0.4, 0.5) is 18.9 Å². The van der Waals surface area contributed by atoms with E-state index in [0.717, 1.165) is 36.3 Å². The molecule has 0 aromatic heterocycles. The fourth-order valence-corrected chi connectivity index (χ4v) is 6.52. The van der Waals surface area contributed by atoms with E-state index in [1.165, 1.54) is 34.3 Å². The van der Waals surface area contributed by atoms with Gasteiger partial charge in [-0.05, 0) is 61.9 Å². The molecule has 0 radical (unpaired) electrons. The molecule has 0 atom stereocenters. The van der Waals surface area contributed by atoms with Gasteiger partial charge in [0.05, 0.1) is 16.0 Å². The van der Waals surface area contributed by atoms with E-state index in [2.05, 4.69) is 0 Å². The number of hydrogen-bond acceptors (Lipinski definition) is 5. The van der Waals surface area contributed by atoms with Crippen LogP contribution in [-0.2, 0) is 16.2 Å². The summed E-state index contributed by atoms with van der Waals surface area (Å²) in [5.41, 5.74) is 0.0727. The number of nitrogens with zero attached hydrogens (tertiary/aromatic N) is 3.